The summed E-state index contributed by atoms with van der Waals surface area (Å²) in [5.74, 6) is -2.01. The van der Waals surface area contributed by atoms with Gasteiger partial charge < -0.3 is 5.73 Å². The Morgan fingerprint density at radius 3 is 2.62 bits per heavy atom. The molecule has 0 bridgehead atoms. The van der Waals surface area contributed by atoms with Crippen LogP contribution in [-0.4, -0.2) is 30.1 Å². The van der Waals surface area contributed by atoms with Crippen molar-refractivity contribution >= 4 is 5.91 Å². The van der Waals surface area contributed by atoms with Crippen molar-refractivity contribution in [3.63, 3.8) is 0 Å². The van der Waals surface area contributed by atoms with E-state index in [2.05, 4.69) is 17.4 Å². The topological polar surface area (TPSA) is 46.3 Å². The molecule has 1 aliphatic carbocycles. The first-order chi connectivity index (χ1) is 11.3. The normalized spacial score (nSPS) is 23.0. The van der Waals surface area contributed by atoms with Gasteiger partial charge in [-0.25, -0.2) is 0 Å². The third kappa shape index (κ3) is 3.74. The number of nitrogens with two attached hydrogens (primary N) is 1. The molecule has 1 saturated heterocycles. The fourth-order valence-electron chi connectivity index (χ4n) is 3.65. The number of carbonyl (C=O) groups is 1. The van der Waals surface area contributed by atoms with Crippen molar-refractivity contribution in [2.24, 2.45) is 11.7 Å². The molecule has 1 aromatic rings. The van der Waals surface area contributed by atoms with Crippen LogP contribution in [0, 0.1) is 12.3 Å². The summed E-state index contributed by atoms with van der Waals surface area (Å²) < 4.78 is 38.2. The second-order valence-corrected chi connectivity index (χ2v) is 6.66. The number of halogens is 3. The predicted octanol–water partition coefficient (Wildman–Crippen LogP) is 3.06. The number of carbonyl (C=O) groups excluding carboxylic acids is 1. The van der Waals surface area contributed by atoms with Crippen molar-refractivity contribution in [1.29, 1.82) is 0 Å². The number of rotatable bonds is 3. The second kappa shape index (κ2) is 6.75. The Bertz CT molecular complexity index is 607. The number of alkyl halides is 3. The minimum absolute atomic E-state index is 0.169. The van der Waals surface area contributed by atoms with Gasteiger partial charge in [-0.3, -0.25) is 9.69 Å². The number of hydrogen-bond donors (Lipinski definition) is 1. The first-order valence-electron chi connectivity index (χ1n) is 8.28. The van der Waals surface area contributed by atoms with E-state index in [0.717, 1.165) is 23.1 Å². The summed E-state index contributed by atoms with van der Waals surface area (Å²) in [5, 5.41) is 0. The molecule has 3 rings (SSSR count). The molecule has 0 aromatic heterocycles. The van der Waals surface area contributed by atoms with Crippen LogP contribution in [-0.2, 0) is 17.8 Å². The summed E-state index contributed by atoms with van der Waals surface area (Å²) in [5.41, 5.74) is 8.50. The Balaban J connectivity index is 1.64. The summed E-state index contributed by atoms with van der Waals surface area (Å²) in [6, 6.07) is 5.91. The molecule has 2 radical (unpaired) electrons. The summed E-state index contributed by atoms with van der Waals surface area (Å²) in [4.78, 5) is 13.6. The molecule has 0 spiro atoms. The minimum Gasteiger partial charge on any atom is -0.369 e. The number of hydrogen-bond acceptors (Lipinski definition) is 2. The first kappa shape index (κ1) is 17.3. The zero-order valence-corrected chi connectivity index (χ0v) is 13.4. The van der Waals surface area contributed by atoms with E-state index in [9.17, 15) is 18.0 Å². The Labute approximate surface area is 140 Å². The Morgan fingerprint density at radius 2 is 2.00 bits per heavy atom. The minimum atomic E-state index is -4.07. The van der Waals surface area contributed by atoms with Crippen LogP contribution in [0.2, 0.25) is 0 Å². The highest BCUT2D eigenvalue weighted by Gasteiger charge is 2.41. The molecule has 3 nitrogen and oxygen atoms in total. The van der Waals surface area contributed by atoms with Gasteiger partial charge in [0.2, 0.25) is 5.91 Å². The van der Waals surface area contributed by atoms with Gasteiger partial charge in [0.25, 0.3) is 0 Å². The average Bonchev–Trinajstić information content (AvgIpc) is 2.53. The van der Waals surface area contributed by atoms with Crippen LogP contribution in [0.25, 0.3) is 0 Å². The molecule has 1 atom stereocenters. The molecule has 130 valence electrons. The SMILES string of the molecule is NC(=O)C1[C]CCc2cc(CN3CCC(C(F)(F)F)CC3)ccc21. The zero-order chi connectivity index (χ0) is 17.3. The summed E-state index contributed by atoms with van der Waals surface area (Å²) in [6.07, 6.45) is 0.884. The maximum Gasteiger partial charge on any atom is 0.391 e. The second-order valence-electron chi connectivity index (χ2n) is 6.66. The van der Waals surface area contributed by atoms with Crippen molar-refractivity contribution < 1.29 is 18.0 Å². The van der Waals surface area contributed by atoms with Crippen LogP contribution < -0.4 is 5.73 Å². The van der Waals surface area contributed by atoms with Crippen molar-refractivity contribution in [2.75, 3.05) is 13.1 Å². The monoisotopic (exact) mass is 338 g/mol. The molecule has 24 heavy (non-hydrogen) atoms. The third-order valence-electron chi connectivity index (χ3n) is 5.00. The van der Waals surface area contributed by atoms with Crippen LogP contribution in [0.3, 0.4) is 0 Å². The van der Waals surface area contributed by atoms with E-state index in [1.807, 2.05) is 12.1 Å². The lowest BCUT2D eigenvalue weighted by molar-refractivity contribution is -0.185. The number of likely N-dealkylation sites (tertiary alicyclic amines) is 1. The molecule has 1 fully saturated rings. The van der Waals surface area contributed by atoms with Gasteiger partial charge in [0, 0.05) is 13.0 Å². The fraction of sp³-hybridized carbons (Fsp3) is 0.556. The summed E-state index contributed by atoms with van der Waals surface area (Å²) >= 11 is 0. The molecule has 2 aliphatic rings. The Kier molecular flexibility index (Phi) is 4.85. The highest BCUT2D eigenvalue weighted by atomic mass is 19.4. The molecule has 0 saturated carbocycles. The van der Waals surface area contributed by atoms with E-state index in [-0.39, 0.29) is 12.8 Å². The lowest BCUT2D eigenvalue weighted by atomic mass is 9.81. The lowest BCUT2D eigenvalue weighted by Crippen LogP contribution is -2.38. The molecular formula is C18H21F3N2O. The predicted molar refractivity (Wildman–Crippen MR) is 84.0 cm³/mol. The van der Waals surface area contributed by atoms with Gasteiger partial charge in [0.05, 0.1) is 11.8 Å². The number of benzene rings is 1. The van der Waals surface area contributed by atoms with Gasteiger partial charge in [0.15, 0.2) is 0 Å². The van der Waals surface area contributed by atoms with Crippen molar-refractivity contribution in [3.8, 4) is 0 Å². The van der Waals surface area contributed by atoms with E-state index in [1.165, 1.54) is 0 Å². The lowest BCUT2D eigenvalue weighted by Gasteiger charge is -2.33. The highest BCUT2D eigenvalue weighted by molar-refractivity contribution is 5.84. The molecular weight excluding hydrogens is 317 g/mol. The van der Waals surface area contributed by atoms with Gasteiger partial charge in [0.1, 0.15) is 0 Å². The standard InChI is InChI=1S/C18H21F3N2O/c19-18(20,21)14-6-8-23(9-7-14)11-12-4-5-15-13(10-12)2-1-3-16(15)17(22)24/h4-5,10,14,16H,1-2,6-9,11H2,(H2,22,24). The molecule has 1 heterocycles. The van der Waals surface area contributed by atoms with Crippen molar-refractivity contribution in [3.05, 3.63) is 41.3 Å². The number of aryl methyl sites for hydroxylation is 1. The molecule has 6 heteroatoms. The van der Waals surface area contributed by atoms with E-state index in [0.29, 0.717) is 26.1 Å². The van der Waals surface area contributed by atoms with Crippen molar-refractivity contribution in [1.82, 2.24) is 4.90 Å². The van der Waals surface area contributed by atoms with E-state index >= 15 is 0 Å². The summed E-state index contributed by atoms with van der Waals surface area (Å²) in [7, 11) is 0. The van der Waals surface area contributed by atoms with Gasteiger partial charge in [-0.1, -0.05) is 18.2 Å². The average molecular weight is 338 g/mol. The third-order valence-corrected chi connectivity index (χ3v) is 5.00. The fourth-order valence-corrected chi connectivity index (χ4v) is 3.65. The molecule has 1 aliphatic heterocycles. The maximum atomic E-state index is 12.7. The maximum absolute atomic E-state index is 12.7. The van der Waals surface area contributed by atoms with E-state index < -0.39 is 23.9 Å². The van der Waals surface area contributed by atoms with E-state index in [4.69, 9.17) is 5.73 Å². The number of fused-ring (bicyclic) bond motifs is 1. The highest BCUT2D eigenvalue weighted by Crippen LogP contribution is 2.35. The largest absolute Gasteiger partial charge is 0.391 e. The van der Waals surface area contributed by atoms with Crippen LogP contribution in [0.5, 0.6) is 0 Å². The van der Waals surface area contributed by atoms with Gasteiger partial charge in [-0.2, -0.15) is 13.2 Å². The summed E-state index contributed by atoms with van der Waals surface area (Å²) in [6.45, 7) is 1.58. The zero-order valence-electron chi connectivity index (χ0n) is 13.4. The van der Waals surface area contributed by atoms with Gasteiger partial charge in [-0.05, 0) is 55.5 Å². The van der Waals surface area contributed by atoms with Crippen LogP contribution in [0.15, 0.2) is 18.2 Å². The molecule has 1 aromatic carbocycles. The number of primary amides is 1. The first-order valence-corrected chi connectivity index (χ1v) is 8.28. The van der Waals surface area contributed by atoms with E-state index in [1.54, 1.807) is 0 Å². The molecule has 1 unspecified atom stereocenters. The van der Waals surface area contributed by atoms with Gasteiger partial charge >= 0.3 is 6.18 Å². The Morgan fingerprint density at radius 1 is 1.29 bits per heavy atom. The number of piperidine rings is 1. The number of nitrogens with zero attached hydrogens (tertiary/aromatic N) is 1. The Hall–Kier alpha value is -1.56. The van der Waals surface area contributed by atoms with Gasteiger partial charge in [-0.15, -0.1) is 0 Å². The molecule has 2 N–H and O–H groups in total. The number of amides is 1. The molecule has 1 amide bonds. The van der Waals surface area contributed by atoms with Crippen molar-refractivity contribution in [2.45, 2.75) is 44.3 Å². The van der Waals surface area contributed by atoms with Crippen LogP contribution in [0.1, 0.15) is 41.9 Å². The quantitative estimate of drug-likeness (QED) is 0.921. The van der Waals surface area contributed by atoms with Crippen LogP contribution >= 0.6 is 0 Å². The smallest absolute Gasteiger partial charge is 0.369 e. The van der Waals surface area contributed by atoms with Crippen LogP contribution in [0.4, 0.5) is 13.2 Å².